The molecule has 1 atom stereocenters. The van der Waals surface area contributed by atoms with Crippen molar-refractivity contribution < 1.29 is 4.74 Å². The van der Waals surface area contributed by atoms with Crippen LogP contribution >= 0.6 is 0 Å². The van der Waals surface area contributed by atoms with E-state index in [1.807, 2.05) is 0 Å². The summed E-state index contributed by atoms with van der Waals surface area (Å²) in [4.78, 5) is 7.06. The molecular formula is C16H27N3O. The summed E-state index contributed by atoms with van der Waals surface area (Å²) in [5.74, 6) is 1.07. The number of rotatable bonds is 4. The van der Waals surface area contributed by atoms with Gasteiger partial charge in [0.25, 0.3) is 0 Å². The summed E-state index contributed by atoms with van der Waals surface area (Å²) in [6.45, 7) is 11.5. The van der Waals surface area contributed by atoms with E-state index in [9.17, 15) is 0 Å². The molecule has 1 saturated heterocycles. The van der Waals surface area contributed by atoms with Crippen LogP contribution in [0, 0.1) is 6.92 Å². The molecule has 4 nitrogen and oxygen atoms in total. The van der Waals surface area contributed by atoms with E-state index in [0.29, 0.717) is 6.10 Å². The molecule has 1 aliphatic heterocycles. The Balaban J connectivity index is 2.02. The van der Waals surface area contributed by atoms with Crippen molar-refractivity contribution in [3.05, 3.63) is 23.4 Å². The molecule has 0 amide bonds. The molecule has 1 fully saturated rings. The highest BCUT2D eigenvalue weighted by Crippen LogP contribution is 2.21. The molecular weight excluding hydrogens is 250 g/mol. The third-order valence-corrected chi connectivity index (χ3v) is 3.79. The van der Waals surface area contributed by atoms with Crippen molar-refractivity contribution in [1.82, 2.24) is 10.3 Å². The molecule has 2 heterocycles. The quantitative estimate of drug-likeness (QED) is 0.917. The van der Waals surface area contributed by atoms with E-state index in [4.69, 9.17) is 9.72 Å². The lowest BCUT2D eigenvalue weighted by Gasteiger charge is -2.22. The largest absolute Gasteiger partial charge is 0.380 e. The molecule has 1 unspecified atom stereocenters. The summed E-state index contributed by atoms with van der Waals surface area (Å²) in [6.07, 6.45) is 1.43. The van der Waals surface area contributed by atoms with Crippen molar-refractivity contribution in [2.75, 3.05) is 25.1 Å². The summed E-state index contributed by atoms with van der Waals surface area (Å²) in [6, 6.07) is 4.32. The SMILES string of the molecule is COC1CCN(c2ccc(CNC(C)(C)C)c(C)n2)C1. The van der Waals surface area contributed by atoms with Crippen molar-refractivity contribution >= 4 is 5.82 Å². The molecule has 20 heavy (non-hydrogen) atoms. The summed E-state index contributed by atoms with van der Waals surface area (Å²) < 4.78 is 5.41. The van der Waals surface area contributed by atoms with Gasteiger partial charge in [-0.15, -0.1) is 0 Å². The van der Waals surface area contributed by atoms with Gasteiger partial charge in [0, 0.05) is 38.0 Å². The number of pyridine rings is 1. The lowest BCUT2D eigenvalue weighted by molar-refractivity contribution is 0.121. The highest BCUT2D eigenvalue weighted by atomic mass is 16.5. The molecule has 1 aliphatic rings. The Morgan fingerprint density at radius 1 is 1.40 bits per heavy atom. The van der Waals surface area contributed by atoms with Crippen molar-refractivity contribution in [2.24, 2.45) is 0 Å². The number of aromatic nitrogens is 1. The van der Waals surface area contributed by atoms with E-state index in [1.54, 1.807) is 7.11 Å². The number of aryl methyl sites for hydroxylation is 1. The maximum atomic E-state index is 5.41. The van der Waals surface area contributed by atoms with Crippen LogP contribution in [0.15, 0.2) is 12.1 Å². The fourth-order valence-electron chi connectivity index (χ4n) is 2.43. The van der Waals surface area contributed by atoms with E-state index >= 15 is 0 Å². The smallest absolute Gasteiger partial charge is 0.128 e. The van der Waals surface area contributed by atoms with Gasteiger partial charge in [-0.3, -0.25) is 0 Å². The van der Waals surface area contributed by atoms with Gasteiger partial charge in [0.05, 0.1) is 6.10 Å². The fourth-order valence-corrected chi connectivity index (χ4v) is 2.43. The minimum atomic E-state index is 0.131. The molecule has 0 spiro atoms. The Morgan fingerprint density at radius 2 is 2.15 bits per heavy atom. The maximum absolute atomic E-state index is 5.41. The van der Waals surface area contributed by atoms with Crippen LogP contribution in [0.1, 0.15) is 38.4 Å². The molecule has 0 aliphatic carbocycles. The molecule has 0 aromatic carbocycles. The van der Waals surface area contributed by atoms with Gasteiger partial charge in [0.15, 0.2) is 0 Å². The first kappa shape index (κ1) is 15.3. The third-order valence-electron chi connectivity index (χ3n) is 3.79. The first-order chi connectivity index (χ1) is 9.39. The minimum absolute atomic E-state index is 0.131. The Morgan fingerprint density at radius 3 is 2.70 bits per heavy atom. The van der Waals surface area contributed by atoms with Crippen LogP contribution in [-0.4, -0.2) is 36.8 Å². The van der Waals surface area contributed by atoms with Gasteiger partial charge in [-0.1, -0.05) is 6.07 Å². The first-order valence-corrected chi connectivity index (χ1v) is 7.38. The van der Waals surface area contributed by atoms with Gasteiger partial charge >= 0.3 is 0 Å². The van der Waals surface area contributed by atoms with E-state index in [-0.39, 0.29) is 5.54 Å². The molecule has 0 radical (unpaired) electrons. The van der Waals surface area contributed by atoms with Crippen LogP contribution in [0.25, 0.3) is 0 Å². The van der Waals surface area contributed by atoms with Crippen molar-refractivity contribution in [1.29, 1.82) is 0 Å². The third kappa shape index (κ3) is 3.93. The monoisotopic (exact) mass is 277 g/mol. The fraction of sp³-hybridized carbons (Fsp3) is 0.688. The lowest BCUT2D eigenvalue weighted by Crippen LogP contribution is -2.35. The molecule has 0 saturated carbocycles. The number of methoxy groups -OCH3 is 1. The van der Waals surface area contributed by atoms with Crippen molar-refractivity contribution in [3.8, 4) is 0 Å². The second-order valence-corrected chi connectivity index (χ2v) is 6.61. The standard InChI is InChI=1S/C16H27N3O/c1-12-13(10-17-16(2,3)4)6-7-15(18-12)19-9-8-14(11-19)20-5/h6-7,14,17H,8-11H2,1-5H3. The highest BCUT2D eigenvalue weighted by molar-refractivity contribution is 5.43. The van der Waals surface area contributed by atoms with E-state index in [2.05, 4.69) is 50.0 Å². The molecule has 1 aromatic heterocycles. The number of nitrogens with zero attached hydrogens (tertiary/aromatic N) is 2. The minimum Gasteiger partial charge on any atom is -0.380 e. The Hall–Kier alpha value is -1.13. The zero-order valence-corrected chi connectivity index (χ0v) is 13.4. The Labute approximate surface area is 122 Å². The molecule has 4 heteroatoms. The van der Waals surface area contributed by atoms with E-state index in [1.165, 1.54) is 5.56 Å². The first-order valence-electron chi connectivity index (χ1n) is 7.38. The second-order valence-electron chi connectivity index (χ2n) is 6.61. The van der Waals surface area contributed by atoms with Crippen LogP contribution in [0.5, 0.6) is 0 Å². The van der Waals surface area contributed by atoms with Crippen LogP contribution in [0.3, 0.4) is 0 Å². The molecule has 0 bridgehead atoms. The Kier molecular flexibility index (Phi) is 4.66. The number of nitrogens with one attached hydrogen (secondary N) is 1. The van der Waals surface area contributed by atoms with Crippen LogP contribution in [-0.2, 0) is 11.3 Å². The van der Waals surface area contributed by atoms with Gasteiger partial charge in [-0.25, -0.2) is 4.98 Å². The van der Waals surface area contributed by atoms with Gasteiger partial charge in [-0.05, 0) is 45.7 Å². The molecule has 1 N–H and O–H groups in total. The average Bonchev–Trinajstić information content (AvgIpc) is 2.85. The van der Waals surface area contributed by atoms with Gasteiger partial charge < -0.3 is 15.0 Å². The maximum Gasteiger partial charge on any atom is 0.128 e. The average molecular weight is 277 g/mol. The summed E-state index contributed by atoms with van der Waals surface area (Å²) >= 11 is 0. The molecule has 112 valence electrons. The van der Waals surface area contributed by atoms with E-state index < -0.39 is 0 Å². The highest BCUT2D eigenvalue weighted by Gasteiger charge is 2.23. The number of hydrogen-bond acceptors (Lipinski definition) is 4. The van der Waals surface area contributed by atoms with Gasteiger partial charge in [0.1, 0.15) is 5.82 Å². The van der Waals surface area contributed by atoms with Crippen LogP contribution < -0.4 is 10.2 Å². The molecule has 1 aromatic rings. The second kappa shape index (κ2) is 6.10. The van der Waals surface area contributed by atoms with Crippen LogP contribution in [0.2, 0.25) is 0 Å². The van der Waals surface area contributed by atoms with E-state index in [0.717, 1.165) is 37.6 Å². The zero-order chi connectivity index (χ0) is 14.8. The normalized spacial score (nSPS) is 19.6. The van der Waals surface area contributed by atoms with Crippen LogP contribution in [0.4, 0.5) is 5.82 Å². The number of anilines is 1. The number of hydrogen-bond donors (Lipinski definition) is 1. The summed E-state index contributed by atoms with van der Waals surface area (Å²) in [5.41, 5.74) is 2.51. The predicted molar refractivity (Wildman–Crippen MR) is 83.2 cm³/mol. The van der Waals surface area contributed by atoms with Gasteiger partial charge in [-0.2, -0.15) is 0 Å². The molecule has 2 rings (SSSR count). The zero-order valence-electron chi connectivity index (χ0n) is 13.4. The summed E-state index contributed by atoms with van der Waals surface area (Å²) in [5, 5.41) is 3.51. The summed E-state index contributed by atoms with van der Waals surface area (Å²) in [7, 11) is 1.79. The van der Waals surface area contributed by atoms with Crippen molar-refractivity contribution in [3.63, 3.8) is 0 Å². The Bertz CT molecular complexity index is 454. The topological polar surface area (TPSA) is 37.4 Å². The number of ether oxygens (including phenoxy) is 1. The van der Waals surface area contributed by atoms with Crippen molar-refractivity contribution in [2.45, 2.75) is 52.3 Å². The predicted octanol–water partition coefficient (Wildman–Crippen LogP) is 2.50. The lowest BCUT2D eigenvalue weighted by atomic mass is 10.1. The van der Waals surface area contributed by atoms with Gasteiger partial charge in [0.2, 0.25) is 0 Å².